The molecule has 33 heavy (non-hydrogen) atoms. The van der Waals surface area contributed by atoms with E-state index in [4.69, 9.17) is 5.73 Å². The quantitative estimate of drug-likeness (QED) is 0.402. The second kappa shape index (κ2) is 7.83. The fraction of sp³-hybridized carbons (Fsp3) is 0.0800. The third kappa shape index (κ3) is 3.64. The van der Waals surface area contributed by atoms with Gasteiger partial charge in [0.05, 0.1) is 22.1 Å². The molecule has 0 bridgehead atoms. The van der Waals surface area contributed by atoms with Gasteiger partial charge in [0.25, 0.3) is 0 Å². The number of nitrogens with zero attached hydrogens (tertiary/aromatic N) is 4. The van der Waals surface area contributed by atoms with Gasteiger partial charge in [0.15, 0.2) is 5.65 Å². The molecule has 3 aromatic carbocycles. The molecule has 0 aliphatic rings. The fourth-order valence-corrected chi connectivity index (χ4v) is 5.37. The summed E-state index contributed by atoms with van der Waals surface area (Å²) >= 11 is 0. The zero-order valence-corrected chi connectivity index (χ0v) is 18.9. The van der Waals surface area contributed by atoms with E-state index >= 15 is 0 Å². The summed E-state index contributed by atoms with van der Waals surface area (Å²) in [6.45, 7) is 3.83. The Kier molecular flexibility index (Phi) is 4.94. The van der Waals surface area contributed by atoms with Crippen molar-refractivity contribution in [1.82, 2.24) is 14.6 Å². The van der Waals surface area contributed by atoms with Gasteiger partial charge in [-0.1, -0.05) is 54.1 Å². The van der Waals surface area contributed by atoms with Gasteiger partial charge in [0, 0.05) is 0 Å². The maximum Gasteiger partial charge on any atom is 0.212 e. The van der Waals surface area contributed by atoms with Gasteiger partial charge in [0.1, 0.15) is 16.2 Å². The third-order valence-corrected chi connectivity index (χ3v) is 7.18. The van der Waals surface area contributed by atoms with Crippen LogP contribution in [0.3, 0.4) is 0 Å². The number of nitrogens with two attached hydrogens (primary N) is 1. The molecule has 2 aromatic heterocycles. The van der Waals surface area contributed by atoms with Crippen LogP contribution in [0.4, 0.5) is 5.82 Å². The first-order valence-corrected chi connectivity index (χ1v) is 11.8. The molecule has 0 atom stereocenters. The highest BCUT2D eigenvalue weighted by Crippen LogP contribution is 2.35. The molecule has 164 valence electrons. The molecular weight excluding hydrogens is 434 g/mol. The Labute approximate surface area is 191 Å². The summed E-state index contributed by atoms with van der Waals surface area (Å²) in [6.07, 6.45) is 1.63. The second-order valence-corrected chi connectivity index (χ2v) is 9.78. The van der Waals surface area contributed by atoms with Crippen LogP contribution in [-0.2, 0) is 9.84 Å². The van der Waals surface area contributed by atoms with Gasteiger partial charge in [-0.15, -0.1) is 0 Å². The van der Waals surface area contributed by atoms with Crippen molar-refractivity contribution >= 4 is 44.1 Å². The first-order chi connectivity index (χ1) is 15.8. The maximum absolute atomic E-state index is 13.7. The smallest absolute Gasteiger partial charge is 0.212 e. The van der Waals surface area contributed by atoms with Crippen molar-refractivity contribution in [2.75, 3.05) is 5.73 Å². The zero-order chi connectivity index (χ0) is 23.2. The topological polar surface area (TPSA) is 103 Å². The Morgan fingerprint density at radius 3 is 2.24 bits per heavy atom. The molecule has 2 N–H and O–H groups in total. The number of aryl methyl sites for hydroxylation is 2. The number of fused-ring (bicyclic) bond motifs is 2. The molecular formula is C25H21N5O2S. The van der Waals surface area contributed by atoms with Crippen LogP contribution in [0.2, 0.25) is 0 Å². The lowest BCUT2D eigenvalue weighted by atomic mass is 10.2. The summed E-state index contributed by atoms with van der Waals surface area (Å²) in [6, 6.07) is 21.8. The summed E-state index contributed by atoms with van der Waals surface area (Å²) in [5, 5.41) is 4.50. The molecule has 0 aliphatic heterocycles. The van der Waals surface area contributed by atoms with Crippen molar-refractivity contribution in [3.8, 4) is 0 Å². The Morgan fingerprint density at radius 1 is 0.879 bits per heavy atom. The van der Waals surface area contributed by atoms with Crippen LogP contribution >= 0.6 is 0 Å². The van der Waals surface area contributed by atoms with Crippen LogP contribution in [-0.4, -0.2) is 29.3 Å². The Morgan fingerprint density at radius 2 is 1.55 bits per heavy atom. The van der Waals surface area contributed by atoms with Crippen LogP contribution in [0, 0.1) is 13.8 Å². The molecule has 0 amide bonds. The highest BCUT2D eigenvalue weighted by Gasteiger charge is 2.30. The lowest BCUT2D eigenvalue weighted by molar-refractivity contribution is 0.597. The zero-order valence-electron chi connectivity index (χ0n) is 18.1. The Hall–Kier alpha value is -4.04. The van der Waals surface area contributed by atoms with Crippen LogP contribution in [0.5, 0.6) is 0 Å². The molecule has 0 saturated carbocycles. The minimum Gasteiger partial charge on any atom is -0.382 e. The largest absolute Gasteiger partial charge is 0.382 e. The average molecular weight is 456 g/mol. The maximum atomic E-state index is 13.7. The van der Waals surface area contributed by atoms with Crippen molar-refractivity contribution in [2.24, 2.45) is 5.10 Å². The van der Waals surface area contributed by atoms with E-state index in [2.05, 4.69) is 15.1 Å². The van der Waals surface area contributed by atoms with Crippen LogP contribution < -0.4 is 5.73 Å². The normalized spacial score (nSPS) is 12.2. The number of aromatic nitrogens is 3. The van der Waals surface area contributed by atoms with Crippen molar-refractivity contribution in [3.63, 3.8) is 0 Å². The van der Waals surface area contributed by atoms with Gasteiger partial charge >= 0.3 is 0 Å². The van der Waals surface area contributed by atoms with Crippen LogP contribution in [0.1, 0.15) is 16.7 Å². The lowest BCUT2D eigenvalue weighted by Crippen LogP contribution is -2.07. The molecule has 5 aromatic rings. The minimum atomic E-state index is -3.98. The first kappa shape index (κ1) is 20.8. The highest BCUT2D eigenvalue weighted by molar-refractivity contribution is 7.92. The number of sulfone groups is 1. The van der Waals surface area contributed by atoms with E-state index in [1.165, 1.54) is 4.68 Å². The van der Waals surface area contributed by atoms with Gasteiger partial charge in [-0.2, -0.15) is 9.78 Å². The second-order valence-electron chi connectivity index (χ2n) is 7.89. The van der Waals surface area contributed by atoms with Crippen molar-refractivity contribution in [2.45, 2.75) is 23.6 Å². The van der Waals surface area contributed by atoms with E-state index in [1.807, 2.05) is 62.4 Å². The number of hydrogen-bond acceptors (Lipinski definition) is 6. The summed E-state index contributed by atoms with van der Waals surface area (Å²) in [5.41, 5.74) is 10.8. The number of rotatable bonds is 4. The molecule has 7 nitrogen and oxygen atoms in total. The van der Waals surface area contributed by atoms with E-state index < -0.39 is 9.84 Å². The Balaban J connectivity index is 1.81. The SMILES string of the molecule is Cc1cccc(/C=N\n2c(N)c(S(=O)(=O)c3cccc(C)c3)c3nc4ccccc4nc32)c1. The third-order valence-electron chi connectivity index (χ3n) is 5.36. The minimum absolute atomic E-state index is 0.0364. The summed E-state index contributed by atoms with van der Waals surface area (Å²) in [4.78, 5) is 9.33. The summed E-state index contributed by atoms with van der Waals surface area (Å²) in [5.74, 6) is -0.0364. The first-order valence-electron chi connectivity index (χ1n) is 10.3. The van der Waals surface area contributed by atoms with Crippen molar-refractivity contribution in [1.29, 1.82) is 0 Å². The van der Waals surface area contributed by atoms with Gasteiger partial charge in [0.2, 0.25) is 9.84 Å². The van der Waals surface area contributed by atoms with Crippen LogP contribution in [0.15, 0.2) is 87.7 Å². The Bertz CT molecular complexity index is 1670. The average Bonchev–Trinajstić information content (AvgIpc) is 3.07. The van der Waals surface area contributed by atoms with Crippen molar-refractivity contribution < 1.29 is 8.42 Å². The highest BCUT2D eigenvalue weighted by atomic mass is 32.2. The molecule has 8 heteroatoms. The van der Waals surface area contributed by atoms with Gasteiger partial charge < -0.3 is 5.73 Å². The number of anilines is 1. The number of hydrogen-bond donors (Lipinski definition) is 1. The fourth-order valence-electron chi connectivity index (χ4n) is 3.78. The number of benzene rings is 3. The van der Waals surface area contributed by atoms with Gasteiger partial charge in [-0.25, -0.2) is 18.4 Å². The molecule has 2 heterocycles. The van der Waals surface area contributed by atoms with Crippen LogP contribution in [0.25, 0.3) is 22.2 Å². The molecule has 0 fully saturated rings. The molecule has 0 spiro atoms. The van der Waals surface area contributed by atoms with E-state index in [0.29, 0.717) is 11.0 Å². The predicted octanol–water partition coefficient (Wildman–Crippen LogP) is 4.50. The van der Waals surface area contributed by atoms with E-state index in [0.717, 1.165) is 16.7 Å². The van der Waals surface area contributed by atoms with E-state index in [-0.39, 0.29) is 26.8 Å². The number of para-hydroxylation sites is 2. The van der Waals surface area contributed by atoms with E-state index in [9.17, 15) is 8.42 Å². The molecule has 0 aliphatic carbocycles. The van der Waals surface area contributed by atoms with Crippen molar-refractivity contribution in [3.05, 3.63) is 89.5 Å². The molecule has 0 saturated heterocycles. The molecule has 0 unspecified atom stereocenters. The summed E-state index contributed by atoms with van der Waals surface area (Å²) < 4.78 is 28.7. The molecule has 0 radical (unpaired) electrons. The monoisotopic (exact) mass is 455 g/mol. The number of nitrogen functional groups attached to an aromatic ring is 1. The predicted molar refractivity (Wildman–Crippen MR) is 130 cm³/mol. The summed E-state index contributed by atoms with van der Waals surface area (Å²) in [7, 11) is -3.98. The standard InChI is InChI=1S/C25H21N5O2S/c1-16-7-5-9-18(13-16)15-27-30-24(26)23(33(31,32)19-10-6-8-17(2)14-19)22-25(30)29-21-12-4-3-11-20(21)28-22/h3-15H,26H2,1-2H3/b27-15-. The van der Waals surface area contributed by atoms with Gasteiger partial charge in [-0.3, -0.25) is 0 Å². The lowest BCUT2D eigenvalue weighted by Gasteiger charge is -2.06. The van der Waals surface area contributed by atoms with Gasteiger partial charge in [-0.05, 0) is 49.2 Å². The van der Waals surface area contributed by atoms with E-state index in [1.54, 1.807) is 30.5 Å². The molecule has 5 rings (SSSR count).